The fraction of sp³-hybridized carbons (Fsp3) is 1.00. The van der Waals surface area contributed by atoms with Gasteiger partial charge in [-0.2, -0.15) is 0 Å². The lowest BCUT2D eigenvalue weighted by Crippen LogP contribution is -2.37. The second kappa shape index (κ2) is 5.58. The van der Waals surface area contributed by atoms with Gasteiger partial charge in [0.1, 0.15) is 0 Å². The molecule has 0 aliphatic rings. The molecule has 1 unspecified atom stereocenters. The van der Waals surface area contributed by atoms with Gasteiger partial charge in [0.15, 0.2) is 0 Å². The van der Waals surface area contributed by atoms with Gasteiger partial charge < -0.3 is 15.2 Å². The van der Waals surface area contributed by atoms with Gasteiger partial charge in [-0.25, -0.2) is 0 Å². The topological polar surface area (TPSA) is 41.5 Å². The maximum atomic E-state index is 9.62. The minimum absolute atomic E-state index is 0.238. The van der Waals surface area contributed by atoms with Crippen LogP contribution in [0.2, 0.25) is 0 Å². The first-order valence-electron chi connectivity index (χ1n) is 4.84. The maximum Gasteiger partial charge on any atom is 0.0691 e. The quantitative estimate of drug-likeness (QED) is 0.659. The van der Waals surface area contributed by atoms with Crippen molar-refractivity contribution in [2.75, 3.05) is 13.7 Å². The summed E-state index contributed by atoms with van der Waals surface area (Å²) in [4.78, 5) is 0. The van der Waals surface area contributed by atoms with Gasteiger partial charge in [-0.05, 0) is 13.8 Å². The van der Waals surface area contributed by atoms with Crippen molar-refractivity contribution in [3.8, 4) is 0 Å². The van der Waals surface area contributed by atoms with Gasteiger partial charge in [0.25, 0.3) is 0 Å². The number of methoxy groups -OCH3 is 1. The fourth-order valence-electron chi connectivity index (χ4n) is 1.09. The lowest BCUT2D eigenvalue weighted by Gasteiger charge is -2.26. The van der Waals surface area contributed by atoms with Gasteiger partial charge in [-0.15, -0.1) is 0 Å². The second-order valence-electron chi connectivity index (χ2n) is 4.38. The van der Waals surface area contributed by atoms with Crippen LogP contribution >= 0.6 is 0 Å². The summed E-state index contributed by atoms with van der Waals surface area (Å²) in [5.41, 5.74) is -0.238. The highest BCUT2D eigenvalue weighted by Crippen LogP contribution is 2.15. The van der Waals surface area contributed by atoms with Crippen molar-refractivity contribution in [1.29, 1.82) is 0 Å². The Morgan fingerprint density at radius 2 is 1.92 bits per heavy atom. The van der Waals surface area contributed by atoms with E-state index >= 15 is 0 Å². The number of hydrogen-bond acceptors (Lipinski definition) is 3. The number of aliphatic hydroxyl groups excluding tert-OH is 1. The molecule has 0 spiro atoms. The van der Waals surface area contributed by atoms with Crippen LogP contribution in [0.1, 0.15) is 34.1 Å². The molecule has 0 heterocycles. The first-order chi connectivity index (χ1) is 5.87. The van der Waals surface area contributed by atoms with Crippen LogP contribution in [-0.2, 0) is 4.74 Å². The predicted molar refractivity (Wildman–Crippen MR) is 54.9 cm³/mol. The summed E-state index contributed by atoms with van der Waals surface area (Å²) in [6.07, 6.45) is 0.320. The van der Waals surface area contributed by atoms with Crippen LogP contribution < -0.4 is 5.32 Å². The number of aliphatic hydroxyl groups is 1. The van der Waals surface area contributed by atoms with E-state index in [2.05, 4.69) is 19.2 Å². The van der Waals surface area contributed by atoms with Crippen LogP contribution in [0.15, 0.2) is 0 Å². The standard InChI is InChI=1S/C10H23NO2/c1-8(2)11-7-9(12)6-10(3,4)13-5/h8-9,11-12H,6-7H2,1-5H3. The second-order valence-corrected chi connectivity index (χ2v) is 4.38. The van der Waals surface area contributed by atoms with E-state index in [0.29, 0.717) is 19.0 Å². The molecule has 1 atom stereocenters. The summed E-state index contributed by atoms with van der Waals surface area (Å²) in [5, 5.41) is 12.8. The minimum atomic E-state index is -0.336. The van der Waals surface area contributed by atoms with Crippen LogP contribution in [0.3, 0.4) is 0 Å². The molecule has 0 aromatic carbocycles. The molecular weight excluding hydrogens is 166 g/mol. The zero-order chi connectivity index (χ0) is 10.5. The highest BCUT2D eigenvalue weighted by atomic mass is 16.5. The van der Waals surface area contributed by atoms with E-state index in [0.717, 1.165) is 0 Å². The molecule has 13 heavy (non-hydrogen) atoms. The van der Waals surface area contributed by atoms with Gasteiger partial charge >= 0.3 is 0 Å². The molecule has 0 saturated heterocycles. The highest BCUT2D eigenvalue weighted by Gasteiger charge is 2.21. The Morgan fingerprint density at radius 1 is 1.38 bits per heavy atom. The summed E-state index contributed by atoms with van der Waals surface area (Å²) in [5.74, 6) is 0. The Hall–Kier alpha value is -0.120. The van der Waals surface area contributed by atoms with E-state index in [1.807, 2.05) is 13.8 Å². The van der Waals surface area contributed by atoms with Crippen molar-refractivity contribution in [2.45, 2.75) is 51.9 Å². The van der Waals surface area contributed by atoms with Gasteiger partial charge in [-0.1, -0.05) is 13.8 Å². The number of hydrogen-bond donors (Lipinski definition) is 2. The fourth-order valence-corrected chi connectivity index (χ4v) is 1.09. The van der Waals surface area contributed by atoms with Crippen molar-refractivity contribution in [1.82, 2.24) is 5.32 Å². The summed E-state index contributed by atoms with van der Waals surface area (Å²) in [7, 11) is 1.67. The zero-order valence-electron chi connectivity index (χ0n) is 9.42. The molecule has 0 rings (SSSR count). The molecule has 0 aromatic heterocycles. The predicted octanol–water partition coefficient (Wildman–Crippen LogP) is 1.16. The van der Waals surface area contributed by atoms with E-state index in [9.17, 15) is 5.11 Å². The number of nitrogens with one attached hydrogen (secondary N) is 1. The van der Waals surface area contributed by atoms with Crippen LogP contribution in [0.5, 0.6) is 0 Å². The zero-order valence-corrected chi connectivity index (χ0v) is 9.42. The molecule has 0 saturated carbocycles. The summed E-state index contributed by atoms with van der Waals surface area (Å²) < 4.78 is 5.23. The lowest BCUT2D eigenvalue weighted by atomic mass is 10.0. The molecular formula is C10H23NO2. The summed E-state index contributed by atoms with van der Waals surface area (Å²) >= 11 is 0. The Kier molecular flexibility index (Phi) is 5.53. The lowest BCUT2D eigenvalue weighted by molar-refractivity contribution is -0.0192. The van der Waals surface area contributed by atoms with E-state index in [1.54, 1.807) is 7.11 Å². The third-order valence-electron chi connectivity index (χ3n) is 2.04. The van der Waals surface area contributed by atoms with E-state index < -0.39 is 0 Å². The first kappa shape index (κ1) is 12.9. The van der Waals surface area contributed by atoms with Crippen molar-refractivity contribution >= 4 is 0 Å². The Balaban J connectivity index is 3.67. The van der Waals surface area contributed by atoms with Crippen molar-refractivity contribution in [3.63, 3.8) is 0 Å². The Morgan fingerprint density at radius 3 is 2.31 bits per heavy atom. The van der Waals surface area contributed by atoms with Crippen LogP contribution in [0.25, 0.3) is 0 Å². The average molecular weight is 189 g/mol. The smallest absolute Gasteiger partial charge is 0.0691 e. The van der Waals surface area contributed by atoms with Gasteiger partial charge in [0, 0.05) is 26.1 Å². The number of ether oxygens (including phenoxy) is 1. The summed E-state index contributed by atoms with van der Waals surface area (Å²) in [6.45, 7) is 8.71. The molecule has 0 bridgehead atoms. The van der Waals surface area contributed by atoms with Gasteiger partial charge in [-0.3, -0.25) is 0 Å². The highest BCUT2D eigenvalue weighted by molar-refractivity contribution is 4.74. The van der Waals surface area contributed by atoms with E-state index in [-0.39, 0.29) is 11.7 Å². The maximum absolute atomic E-state index is 9.62. The van der Waals surface area contributed by atoms with Gasteiger partial charge in [0.05, 0.1) is 11.7 Å². The molecule has 3 nitrogen and oxygen atoms in total. The molecule has 3 heteroatoms. The van der Waals surface area contributed by atoms with E-state index in [1.165, 1.54) is 0 Å². The van der Waals surface area contributed by atoms with E-state index in [4.69, 9.17) is 4.74 Å². The monoisotopic (exact) mass is 189 g/mol. The molecule has 0 amide bonds. The van der Waals surface area contributed by atoms with Crippen molar-refractivity contribution < 1.29 is 9.84 Å². The SMILES string of the molecule is COC(C)(C)CC(O)CNC(C)C. The number of rotatable bonds is 6. The largest absolute Gasteiger partial charge is 0.392 e. The Bertz CT molecular complexity index is 135. The van der Waals surface area contributed by atoms with Crippen LogP contribution in [0, 0.1) is 0 Å². The van der Waals surface area contributed by atoms with Crippen LogP contribution in [-0.4, -0.2) is 36.5 Å². The Labute approximate surface area is 81.5 Å². The third-order valence-corrected chi connectivity index (χ3v) is 2.04. The molecule has 0 aromatic rings. The molecule has 0 aliphatic heterocycles. The van der Waals surface area contributed by atoms with Crippen LogP contribution in [0.4, 0.5) is 0 Å². The van der Waals surface area contributed by atoms with Crippen molar-refractivity contribution in [3.05, 3.63) is 0 Å². The molecule has 0 aliphatic carbocycles. The molecule has 80 valence electrons. The molecule has 2 N–H and O–H groups in total. The molecule has 0 radical (unpaired) electrons. The molecule has 0 fully saturated rings. The summed E-state index contributed by atoms with van der Waals surface area (Å²) in [6, 6.07) is 0.417. The van der Waals surface area contributed by atoms with Gasteiger partial charge in [0.2, 0.25) is 0 Å². The average Bonchev–Trinajstić information content (AvgIpc) is 2.00. The normalized spacial score (nSPS) is 15.0. The third kappa shape index (κ3) is 6.99. The first-order valence-corrected chi connectivity index (χ1v) is 4.84. The minimum Gasteiger partial charge on any atom is -0.392 e. The van der Waals surface area contributed by atoms with Crippen molar-refractivity contribution in [2.24, 2.45) is 0 Å².